The van der Waals surface area contributed by atoms with Crippen molar-refractivity contribution in [3.8, 4) is 0 Å². The molecule has 1 atom stereocenters. The van der Waals surface area contributed by atoms with Crippen molar-refractivity contribution in [3.63, 3.8) is 0 Å². The SMILES string of the molecule is NC(CNC(=O)c1ccc2c(c1)CCC(=O)N2)C1CC1. The number of hydrogen-bond acceptors (Lipinski definition) is 3. The highest BCUT2D eigenvalue weighted by Gasteiger charge is 2.28. The molecule has 2 aliphatic rings. The van der Waals surface area contributed by atoms with Crippen LogP contribution in [0, 0.1) is 5.92 Å². The van der Waals surface area contributed by atoms with Crippen LogP contribution in [-0.2, 0) is 11.2 Å². The van der Waals surface area contributed by atoms with E-state index in [9.17, 15) is 9.59 Å². The number of amides is 2. The Hall–Kier alpha value is -1.88. The Labute approximate surface area is 117 Å². The summed E-state index contributed by atoms with van der Waals surface area (Å²) in [7, 11) is 0. The number of carbonyl (C=O) groups is 2. The highest BCUT2D eigenvalue weighted by Crippen LogP contribution is 2.31. The first kappa shape index (κ1) is 13.1. The van der Waals surface area contributed by atoms with Crippen LogP contribution >= 0.6 is 0 Å². The topological polar surface area (TPSA) is 84.2 Å². The molecule has 0 radical (unpaired) electrons. The van der Waals surface area contributed by atoms with Crippen molar-refractivity contribution in [2.24, 2.45) is 11.7 Å². The van der Waals surface area contributed by atoms with Crippen molar-refractivity contribution in [2.75, 3.05) is 11.9 Å². The summed E-state index contributed by atoms with van der Waals surface area (Å²) in [6.07, 6.45) is 3.51. The lowest BCUT2D eigenvalue weighted by molar-refractivity contribution is -0.116. The maximum atomic E-state index is 12.1. The third kappa shape index (κ3) is 2.82. The molecule has 1 aromatic carbocycles. The zero-order valence-electron chi connectivity index (χ0n) is 11.3. The van der Waals surface area contributed by atoms with Crippen molar-refractivity contribution in [3.05, 3.63) is 29.3 Å². The summed E-state index contributed by atoms with van der Waals surface area (Å²) in [4.78, 5) is 23.4. The van der Waals surface area contributed by atoms with Crippen LogP contribution in [0.15, 0.2) is 18.2 Å². The van der Waals surface area contributed by atoms with Gasteiger partial charge in [0.25, 0.3) is 5.91 Å². The molecule has 1 unspecified atom stereocenters. The molecule has 1 aliphatic carbocycles. The van der Waals surface area contributed by atoms with E-state index < -0.39 is 0 Å². The molecule has 0 saturated heterocycles. The summed E-state index contributed by atoms with van der Waals surface area (Å²) < 4.78 is 0. The maximum absolute atomic E-state index is 12.1. The van der Waals surface area contributed by atoms with Crippen molar-refractivity contribution in [1.29, 1.82) is 0 Å². The molecular formula is C15H19N3O2. The molecule has 20 heavy (non-hydrogen) atoms. The third-order valence-electron chi connectivity index (χ3n) is 3.99. The lowest BCUT2D eigenvalue weighted by Gasteiger charge is -2.18. The number of nitrogens with one attached hydrogen (secondary N) is 2. The van der Waals surface area contributed by atoms with Crippen molar-refractivity contribution in [2.45, 2.75) is 31.7 Å². The molecule has 4 N–H and O–H groups in total. The molecule has 0 aromatic heterocycles. The van der Waals surface area contributed by atoms with Crippen molar-refractivity contribution >= 4 is 17.5 Å². The van der Waals surface area contributed by atoms with Crippen LogP contribution < -0.4 is 16.4 Å². The zero-order valence-corrected chi connectivity index (χ0v) is 11.3. The lowest BCUT2D eigenvalue weighted by Crippen LogP contribution is -2.38. The average molecular weight is 273 g/mol. The monoisotopic (exact) mass is 273 g/mol. The first-order valence-corrected chi connectivity index (χ1v) is 7.10. The molecule has 5 heteroatoms. The number of benzene rings is 1. The predicted octanol–water partition coefficient (Wildman–Crippen LogP) is 1.04. The molecule has 2 amide bonds. The van der Waals surface area contributed by atoms with Gasteiger partial charge in [-0.2, -0.15) is 0 Å². The Morgan fingerprint density at radius 1 is 1.40 bits per heavy atom. The number of fused-ring (bicyclic) bond motifs is 1. The van der Waals surface area contributed by atoms with Gasteiger partial charge in [-0.1, -0.05) is 0 Å². The quantitative estimate of drug-likeness (QED) is 0.766. The Balaban J connectivity index is 1.64. The van der Waals surface area contributed by atoms with Crippen LogP contribution in [0.5, 0.6) is 0 Å². The fourth-order valence-electron chi connectivity index (χ4n) is 2.53. The van der Waals surface area contributed by atoms with Gasteiger partial charge in [0.15, 0.2) is 0 Å². The minimum atomic E-state index is -0.0965. The molecule has 0 spiro atoms. The molecule has 1 aromatic rings. The standard InChI is InChI=1S/C15H19N3O2/c16-12(9-1-2-9)8-17-15(20)11-3-5-13-10(7-11)4-6-14(19)18-13/h3,5,7,9,12H,1-2,4,6,8,16H2,(H,17,20)(H,18,19). The molecule has 1 fully saturated rings. The number of anilines is 1. The van der Waals surface area contributed by atoms with Crippen molar-refractivity contribution < 1.29 is 9.59 Å². The fourth-order valence-corrected chi connectivity index (χ4v) is 2.53. The molecule has 1 heterocycles. The number of carbonyl (C=O) groups excluding carboxylic acids is 2. The van der Waals surface area contributed by atoms with Crippen LogP contribution in [0.4, 0.5) is 5.69 Å². The van der Waals surface area contributed by atoms with E-state index >= 15 is 0 Å². The summed E-state index contributed by atoms with van der Waals surface area (Å²) in [5.74, 6) is 0.514. The van der Waals surface area contributed by atoms with Crippen molar-refractivity contribution in [1.82, 2.24) is 5.32 Å². The fraction of sp³-hybridized carbons (Fsp3) is 0.467. The molecule has 5 nitrogen and oxygen atoms in total. The van der Waals surface area contributed by atoms with Gasteiger partial charge in [-0.05, 0) is 48.9 Å². The molecule has 106 valence electrons. The minimum Gasteiger partial charge on any atom is -0.350 e. The second-order valence-corrected chi connectivity index (χ2v) is 5.63. The second-order valence-electron chi connectivity index (χ2n) is 5.63. The Morgan fingerprint density at radius 2 is 2.20 bits per heavy atom. The van der Waals surface area contributed by atoms with E-state index in [0.717, 1.165) is 11.3 Å². The van der Waals surface area contributed by atoms with Crippen LogP contribution in [0.2, 0.25) is 0 Å². The summed E-state index contributed by atoms with van der Waals surface area (Å²) in [5.41, 5.74) is 8.43. The number of hydrogen-bond donors (Lipinski definition) is 3. The van der Waals surface area contributed by atoms with Gasteiger partial charge >= 0.3 is 0 Å². The molecule has 0 bridgehead atoms. The summed E-state index contributed by atoms with van der Waals surface area (Å²) in [6.45, 7) is 0.525. The van der Waals surface area contributed by atoms with E-state index in [1.54, 1.807) is 12.1 Å². The van der Waals surface area contributed by atoms with Gasteiger partial charge in [0.1, 0.15) is 0 Å². The van der Waals surface area contributed by atoms with E-state index in [0.29, 0.717) is 30.9 Å². The maximum Gasteiger partial charge on any atom is 0.251 e. The van der Waals surface area contributed by atoms with Gasteiger partial charge in [0.05, 0.1) is 0 Å². The zero-order chi connectivity index (χ0) is 14.1. The van der Waals surface area contributed by atoms with E-state index in [1.807, 2.05) is 6.07 Å². The first-order valence-electron chi connectivity index (χ1n) is 7.10. The highest BCUT2D eigenvalue weighted by atomic mass is 16.2. The van der Waals surface area contributed by atoms with E-state index in [-0.39, 0.29) is 17.9 Å². The van der Waals surface area contributed by atoms with Gasteiger partial charge in [-0.15, -0.1) is 0 Å². The molecule has 3 rings (SSSR count). The van der Waals surface area contributed by atoms with Gasteiger partial charge in [0, 0.05) is 30.3 Å². The third-order valence-corrected chi connectivity index (χ3v) is 3.99. The lowest BCUT2D eigenvalue weighted by atomic mass is 10.00. The summed E-state index contributed by atoms with van der Waals surface area (Å²) >= 11 is 0. The smallest absolute Gasteiger partial charge is 0.251 e. The normalized spacial score (nSPS) is 18.9. The Kier molecular flexibility index (Phi) is 3.44. The van der Waals surface area contributed by atoms with Gasteiger partial charge in [-0.3, -0.25) is 9.59 Å². The van der Waals surface area contributed by atoms with Crippen LogP contribution in [-0.4, -0.2) is 24.4 Å². The van der Waals surface area contributed by atoms with E-state index in [4.69, 9.17) is 5.73 Å². The molecular weight excluding hydrogens is 254 g/mol. The predicted molar refractivity (Wildman–Crippen MR) is 76.4 cm³/mol. The summed E-state index contributed by atoms with van der Waals surface area (Å²) in [5, 5.41) is 5.69. The number of rotatable bonds is 4. The molecule has 1 saturated carbocycles. The van der Waals surface area contributed by atoms with Crippen LogP contribution in [0.1, 0.15) is 35.2 Å². The average Bonchev–Trinajstić information content (AvgIpc) is 3.28. The number of nitrogens with two attached hydrogens (primary N) is 1. The van der Waals surface area contributed by atoms with Gasteiger partial charge < -0.3 is 16.4 Å². The Bertz CT molecular complexity index is 552. The largest absolute Gasteiger partial charge is 0.350 e. The molecule has 1 aliphatic heterocycles. The minimum absolute atomic E-state index is 0.0325. The van der Waals surface area contributed by atoms with Crippen LogP contribution in [0.25, 0.3) is 0 Å². The first-order chi connectivity index (χ1) is 9.63. The van der Waals surface area contributed by atoms with E-state index in [2.05, 4.69) is 10.6 Å². The second kappa shape index (κ2) is 5.25. The number of aryl methyl sites for hydroxylation is 1. The highest BCUT2D eigenvalue weighted by molar-refractivity contribution is 5.97. The summed E-state index contributed by atoms with van der Waals surface area (Å²) in [6, 6.07) is 5.45. The van der Waals surface area contributed by atoms with Crippen LogP contribution in [0.3, 0.4) is 0 Å². The van der Waals surface area contributed by atoms with Gasteiger partial charge in [0.2, 0.25) is 5.91 Å². The Morgan fingerprint density at radius 3 is 2.95 bits per heavy atom. The van der Waals surface area contributed by atoms with Gasteiger partial charge in [-0.25, -0.2) is 0 Å². The van der Waals surface area contributed by atoms with E-state index in [1.165, 1.54) is 12.8 Å².